The van der Waals surface area contributed by atoms with Crippen LogP contribution in [0, 0.1) is 4.84 Å². The Hall–Kier alpha value is -1.86. The second-order valence-corrected chi connectivity index (χ2v) is 6.63. The van der Waals surface area contributed by atoms with Gasteiger partial charge in [-0.2, -0.15) is 0 Å². The van der Waals surface area contributed by atoms with Crippen LogP contribution in [0.1, 0.15) is 32.6 Å². The minimum atomic E-state index is 0.386. The first-order valence-electron chi connectivity index (χ1n) is 8.70. The summed E-state index contributed by atoms with van der Waals surface area (Å²) in [6, 6.07) is 6.13. The first kappa shape index (κ1) is 17.9. The van der Waals surface area contributed by atoms with E-state index in [1.165, 1.54) is 19.3 Å². The number of likely N-dealkylation sites (tertiary alicyclic amines) is 1. The third-order valence-corrected chi connectivity index (χ3v) is 5.03. The lowest BCUT2D eigenvalue weighted by molar-refractivity contribution is 0.0994. The molecule has 25 heavy (non-hydrogen) atoms. The van der Waals surface area contributed by atoms with Crippen LogP contribution in [0.5, 0.6) is 11.5 Å². The van der Waals surface area contributed by atoms with E-state index in [9.17, 15) is 0 Å². The molecule has 1 aromatic carbocycles. The minimum absolute atomic E-state index is 0.386. The second-order valence-electron chi connectivity index (χ2n) is 6.29. The number of piperidine rings is 1. The highest BCUT2D eigenvalue weighted by Crippen LogP contribution is 2.29. The van der Waals surface area contributed by atoms with Crippen molar-refractivity contribution in [2.45, 2.75) is 45.3 Å². The van der Waals surface area contributed by atoms with Gasteiger partial charge in [0, 0.05) is 24.2 Å². The second kappa shape index (κ2) is 8.01. The van der Waals surface area contributed by atoms with E-state index in [-0.39, 0.29) is 0 Å². The van der Waals surface area contributed by atoms with Crippen molar-refractivity contribution in [1.82, 2.24) is 14.7 Å². The van der Waals surface area contributed by atoms with Crippen LogP contribution < -0.4 is 9.47 Å². The zero-order chi connectivity index (χ0) is 17.8. The maximum atomic E-state index is 5.74. The van der Waals surface area contributed by atoms with Crippen LogP contribution in [-0.4, -0.2) is 41.5 Å². The summed E-state index contributed by atoms with van der Waals surface area (Å²) in [5.74, 6) is 1.85. The number of ether oxygens (including phenoxy) is 2. The fourth-order valence-corrected chi connectivity index (χ4v) is 3.50. The van der Waals surface area contributed by atoms with Gasteiger partial charge in [-0.05, 0) is 43.6 Å². The van der Waals surface area contributed by atoms with Crippen LogP contribution in [0.3, 0.4) is 0 Å². The summed E-state index contributed by atoms with van der Waals surface area (Å²) in [5.41, 5.74) is 0.784. The molecule has 0 bridgehead atoms. The van der Waals surface area contributed by atoms with Gasteiger partial charge in [0.05, 0.1) is 20.9 Å². The van der Waals surface area contributed by atoms with E-state index in [2.05, 4.69) is 16.9 Å². The number of hydrogen-bond acceptors (Lipinski definition) is 6. The zero-order valence-electron chi connectivity index (χ0n) is 15.0. The van der Waals surface area contributed by atoms with E-state index in [4.69, 9.17) is 26.1 Å². The molecule has 1 aliphatic heterocycles. The van der Waals surface area contributed by atoms with Gasteiger partial charge in [0.2, 0.25) is 5.89 Å². The molecular formula is C18H25N3O3S. The highest BCUT2D eigenvalue weighted by atomic mass is 32.1. The maximum Gasteiger partial charge on any atom is 0.288 e. The molecule has 7 heteroatoms. The first-order chi connectivity index (χ1) is 12.1. The van der Waals surface area contributed by atoms with E-state index >= 15 is 0 Å². The highest BCUT2D eigenvalue weighted by Gasteiger charge is 2.22. The monoisotopic (exact) mass is 363 g/mol. The van der Waals surface area contributed by atoms with Gasteiger partial charge in [-0.3, -0.25) is 4.90 Å². The smallest absolute Gasteiger partial charge is 0.288 e. The maximum absolute atomic E-state index is 5.74. The van der Waals surface area contributed by atoms with Crippen LogP contribution in [-0.2, 0) is 6.67 Å². The van der Waals surface area contributed by atoms with Crippen molar-refractivity contribution in [2.24, 2.45) is 0 Å². The normalized spacial score (nSPS) is 18.3. The predicted octanol–water partition coefficient (Wildman–Crippen LogP) is 4.11. The SMILES string of the molecule is CC[C@H]1CCCCN1Cn1nc(-c2cc(OC)cc(OC)c2)oc1=S. The molecule has 1 aromatic heterocycles. The van der Waals surface area contributed by atoms with Crippen molar-refractivity contribution in [2.75, 3.05) is 20.8 Å². The molecule has 1 saturated heterocycles. The molecular weight excluding hydrogens is 338 g/mol. The first-order valence-corrected chi connectivity index (χ1v) is 9.11. The average Bonchev–Trinajstić information content (AvgIpc) is 3.02. The number of benzene rings is 1. The lowest BCUT2D eigenvalue weighted by Crippen LogP contribution is -2.40. The van der Waals surface area contributed by atoms with Crippen molar-refractivity contribution >= 4 is 12.2 Å². The number of nitrogens with zero attached hydrogens (tertiary/aromatic N) is 3. The van der Waals surface area contributed by atoms with E-state index in [0.717, 1.165) is 18.5 Å². The van der Waals surface area contributed by atoms with E-state index in [1.807, 2.05) is 18.2 Å². The van der Waals surface area contributed by atoms with Gasteiger partial charge >= 0.3 is 0 Å². The molecule has 0 unspecified atom stereocenters. The number of methoxy groups -OCH3 is 2. The molecule has 1 aliphatic rings. The van der Waals surface area contributed by atoms with Crippen molar-refractivity contribution in [3.8, 4) is 23.0 Å². The molecule has 1 fully saturated rings. The predicted molar refractivity (Wildman–Crippen MR) is 98.5 cm³/mol. The molecule has 2 heterocycles. The highest BCUT2D eigenvalue weighted by molar-refractivity contribution is 7.71. The van der Waals surface area contributed by atoms with E-state index in [0.29, 0.717) is 34.9 Å². The van der Waals surface area contributed by atoms with Crippen LogP contribution in [0.2, 0.25) is 0 Å². The summed E-state index contributed by atoms with van der Waals surface area (Å²) in [6.07, 6.45) is 4.91. The Morgan fingerprint density at radius 3 is 2.56 bits per heavy atom. The van der Waals surface area contributed by atoms with Gasteiger partial charge in [-0.1, -0.05) is 13.3 Å². The number of hydrogen-bond donors (Lipinski definition) is 0. The van der Waals surface area contributed by atoms with Gasteiger partial charge in [-0.25, -0.2) is 4.68 Å². The van der Waals surface area contributed by atoms with Crippen LogP contribution in [0.25, 0.3) is 11.5 Å². The van der Waals surface area contributed by atoms with Crippen molar-refractivity contribution in [3.05, 3.63) is 23.0 Å². The lowest BCUT2D eigenvalue weighted by atomic mass is 10.0. The Bertz CT molecular complexity index is 749. The van der Waals surface area contributed by atoms with Crippen LogP contribution in [0.4, 0.5) is 0 Å². The van der Waals surface area contributed by atoms with Crippen molar-refractivity contribution in [1.29, 1.82) is 0 Å². The molecule has 0 N–H and O–H groups in total. The minimum Gasteiger partial charge on any atom is -0.497 e. The number of aromatic nitrogens is 2. The molecule has 0 amide bonds. The molecule has 136 valence electrons. The fraction of sp³-hybridized carbons (Fsp3) is 0.556. The van der Waals surface area contributed by atoms with Gasteiger partial charge in [0.25, 0.3) is 4.84 Å². The van der Waals surface area contributed by atoms with Gasteiger partial charge in [-0.15, -0.1) is 5.10 Å². The van der Waals surface area contributed by atoms with E-state index in [1.54, 1.807) is 18.9 Å². The molecule has 2 aromatic rings. The third-order valence-electron chi connectivity index (χ3n) is 4.74. The van der Waals surface area contributed by atoms with Crippen LogP contribution >= 0.6 is 12.2 Å². The summed E-state index contributed by atoms with van der Waals surface area (Å²) < 4.78 is 18.1. The Morgan fingerprint density at radius 2 is 1.92 bits per heavy atom. The molecule has 0 spiro atoms. The van der Waals surface area contributed by atoms with Gasteiger partial charge in [0.15, 0.2) is 0 Å². The van der Waals surface area contributed by atoms with Crippen LogP contribution in [0.15, 0.2) is 22.6 Å². The third kappa shape index (κ3) is 4.04. The fourth-order valence-electron chi connectivity index (χ4n) is 3.32. The Balaban J connectivity index is 1.86. The Morgan fingerprint density at radius 1 is 1.20 bits per heavy atom. The standard InChI is InChI=1S/C18H25N3O3S/c1-4-14-7-5-6-8-20(14)12-21-18(25)24-17(19-21)13-9-15(22-2)11-16(10-13)23-3/h9-11,14H,4-8,12H2,1-3H3/t14-/m0/s1. The quantitative estimate of drug-likeness (QED) is 0.720. The van der Waals surface area contributed by atoms with Gasteiger partial charge in [0.1, 0.15) is 11.5 Å². The van der Waals surface area contributed by atoms with Crippen molar-refractivity contribution < 1.29 is 13.9 Å². The molecule has 6 nitrogen and oxygen atoms in total. The topological polar surface area (TPSA) is 52.7 Å². The zero-order valence-corrected chi connectivity index (χ0v) is 15.8. The summed E-state index contributed by atoms with van der Waals surface area (Å²) in [7, 11) is 3.24. The average molecular weight is 363 g/mol. The van der Waals surface area contributed by atoms with E-state index < -0.39 is 0 Å². The summed E-state index contributed by atoms with van der Waals surface area (Å²) in [4.78, 5) is 2.83. The molecule has 0 aliphatic carbocycles. The van der Waals surface area contributed by atoms with Gasteiger partial charge < -0.3 is 13.9 Å². The molecule has 1 atom stereocenters. The Kier molecular flexibility index (Phi) is 5.75. The summed E-state index contributed by atoms with van der Waals surface area (Å²) >= 11 is 5.38. The summed E-state index contributed by atoms with van der Waals surface area (Å²) in [6.45, 7) is 3.98. The summed E-state index contributed by atoms with van der Waals surface area (Å²) in [5, 5.41) is 4.59. The number of rotatable bonds is 6. The molecule has 0 saturated carbocycles. The molecule has 3 rings (SSSR count). The molecule has 0 radical (unpaired) electrons. The lowest BCUT2D eigenvalue weighted by Gasteiger charge is -2.34. The largest absolute Gasteiger partial charge is 0.497 e. The Labute approximate surface area is 153 Å². The van der Waals surface area contributed by atoms with Crippen molar-refractivity contribution in [3.63, 3.8) is 0 Å².